The normalized spacial score (nSPS) is 24.8. The molecule has 0 aliphatic carbocycles. The zero-order valence-corrected chi connectivity index (χ0v) is 58.0. The molecule has 5 aliphatic rings. The fourth-order valence-electron chi connectivity index (χ4n) is 10.1. The van der Waals surface area contributed by atoms with E-state index in [1.807, 2.05) is 48.6 Å². The van der Waals surface area contributed by atoms with Crippen LogP contribution in [0.3, 0.4) is 0 Å². The smallest absolute Gasteiger partial charge is 0.362 e. The van der Waals surface area contributed by atoms with Gasteiger partial charge in [-0.05, 0) is 54.4 Å². The highest BCUT2D eigenvalue weighted by atomic mass is 16.6. The number of hydrogen-bond donors (Lipinski definition) is 6. The van der Waals surface area contributed by atoms with Crippen LogP contribution >= 0.6 is 0 Å². The number of nitrogens with zero attached hydrogens (tertiary/aromatic N) is 4. The van der Waals surface area contributed by atoms with E-state index in [0.717, 1.165) is 112 Å². The summed E-state index contributed by atoms with van der Waals surface area (Å²) in [5.41, 5.74) is 0. The highest BCUT2D eigenvalue weighted by Crippen LogP contribution is 2.17. The van der Waals surface area contributed by atoms with Gasteiger partial charge in [0.05, 0.1) is 104 Å². The van der Waals surface area contributed by atoms with Crippen LogP contribution in [0.4, 0.5) is 0 Å². The number of morpholine rings is 3. The van der Waals surface area contributed by atoms with Crippen molar-refractivity contribution in [1.82, 2.24) is 10.6 Å². The Morgan fingerprint density at radius 1 is 0.465 bits per heavy atom. The molecule has 0 amide bonds. The first-order valence-electron chi connectivity index (χ1n) is 30.4. The Kier molecular flexibility index (Phi) is 52.8. The van der Waals surface area contributed by atoms with E-state index in [2.05, 4.69) is 59.2 Å². The summed E-state index contributed by atoms with van der Waals surface area (Å²) in [5.74, 6) is -0.614. The second kappa shape index (κ2) is 49.6. The molecule has 23 nitrogen and oxygen atoms in total. The quantitative estimate of drug-likeness (QED) is 0.0299. The fourth-order valence-corrected chi connectivity index (χ4v) is 10.1. The van der Waals surface area contributed by atoms with Crippen molar-refractivity contribution in [3.8, 4) is 0 Å². The van der Waals surface area contributed by atoms with Gasteiger partial charge in [-0.3, -0.25) is 9.59 Å². The molecule has 516 valence electrons. The first kappa shape index (κ1) is 91.6. The average molecular weight is 1240 g/mol. The Hall–Kier alpha value is -3.17. The minimum atomic E-state index is -0.529. The second-order valence-corrected chi connectivity index (χ2v) is 24.6. The molecular weight excluding hydrogens is 1110 g/mol. The third-order valence-electron chi connectivity index (χ3n) is 14.6. The summed E-state index contributed by atoms with van der Waals surface area (Å²) >= 11 is 0. The van der Waals surface area contributed by atoms with Gasteiger partial charge < -0.3 is 124 Å². The number of carbonyl (C=O) groups excluding carboxylic acids is 5. The number of esters is 5. The predicted molar refractivity (Wildman–Crippen MR) is 341 cm³/mol. The van der Waals surface area contributed by atoms with Gasteiger partial charge in [0.1, 0.15) is 104 Å². The highest BCUT2D eigenvalue weighted by molar-refractivity contribution is 5.72. The van der Waals surface area contributed by atoms with E-state index < -0.39 is 18.3 Å². The lowest BCUT2D eigenvalue weighted by atomic mass is 10.2. The van der Waals surface area contributed by atoms with Gasteiger partial charge in [-0.25, -0.2) is 14.4 Å². The number of hydrogen-bond acceptors (Lipinski definition) is 18. The van der Waals surface area contributed by atoms with Crippen LogP contribution < -0.4 is 15.5 Å². The van der Waals surface area contributed by atoms with E-state index in [4.69, 9.17) is 37.9 Å². The third kappa shape index (κ3) is 44.3. The number of aliphatic hydroxyl groups is 3. The van der Waals surface area contributed by atoms with Crippen LogP contribution in [-0.2, 0) is 61.9 Å². The van der Waals surface area contributed by atoms with Crippen molar-refractivity contribution >= 4 is 29.8 Å². The van der Waals surface area contributed by atoms with Crippen LogP contribution in [0.15, 0.2) is 0 Å². The molecule has 5 aliphatic heterocycles. The minimum absolute atomic E-state index is 0. The van der Waals surface area contributed by atoms with Gasteiger partial charge in [0.15, 0.2) is 19.6 Å². The van der Waals surface area contributed by atoms with Crippen molar-refractivity contribution in [3.05, 3.63) is 37.1 Å². The van der Waals surface area contributed by atoms with Crippen molar-refractivity contribution in [2.24, 2.45) is 0 Å². The van der Waals surface area contributed by atoms with Gasteiger partial charge in [-0.1, -0.05) is 41.5 Å². The number of quaternary nitrogens is 5. The Morgan fingerprint density at radius 3 is 1.35 bits per heavy atom. The predicted octanol–water partition coefficient (Wildman–Crippen LogP) is 2.33. The van der Waals surface area contributed by atoms with Crippen LogP contribution in [0, 0.1) is 37.1 Å². The van der Waals surface area contributed by atoms with E-state index >= 15 is 0 Å². The van der Waals surface area contributed by atoms with E-state index in [9.17, 15) is 39.3 Å². The van der Waals surface area contributed by atoms with Crippen LogP contribution in [0.2, 0.25) is 0 Å². The number of ether oxygens (including phenoxy) is 8. The summed E-state index contributed by atoms with van der Waals surface area (Å²) in [6.45, 7) is 43.0. The maximum Gasteiger partial charge on any atom is 0.362 e. The Labute approximate surface area is 524 Å². The van der Waals surface area contributed by atoms with Crippen molar-refractivity contribution in [2.45, 2.75) is 157 Å². The number of carbonyl (C=O) groups is 5. The first-order chi connectivity index (χ1) is 38.1. The number of rotatable bonds is 27. The monoisotopic (exact) mass is 1240 g/mol. The highest BCUT2D eigenvalue weighted by Gasteiger charge is 2.37. The molecule has 86 heavy (non-hydrogen) atoms. The Balaban J connectivity index is -0.000000314. The molecule has 8 unspecified atom stereocenters. The van der Waals surface area contributed by atoms with Crippen LogP contribution in [-0.4, -0.2) is 303 Å². The molecule has 6 N–H and O–H groups in total. The fraction of sp³-hybridized carbons (Fsp3) is 0.841. The molecular formula is C63H133N7O16. The molecule has 0 aromatic rings. The van der Waals surface area contributed by atoms with Crippen LogP contribution in [0.5, 0.6) is 0 Å². The lowest BCUT2D eigenvalue weighted by molar-refractivity contribution is -0.928. The Bertz CT molecular complexity index is 1750. The summed E-state index contributed by atoms with van der Waals surface area (Å²) in [7, 11) is 4.16. The number of aliphatic hydroxyl groups excluding tert-OH is 3. The van der Waals surface area contributed by atoms with Gasteiger partial charge in [-0.15, -0.1) is 0 Å². The van der Waals surface area contributed by atoms with E-state index in [1.165, 1.54) is 0 Å². The SMILES string of the molecule is CC(C)NCC[N+]1(C)CCOC(=O)CC1.CC(C)OCC(O)C[N+]1(C)CCOC(=O)C1.CC(C)OCC(O)C[NH+]1CCOC(=O)C1.CCC[N+]1(CC(O)COC(C)C)CCOC(=O)C1.CCC[N+]1(CCNC(C)C)CCOC(=O)CC1.[CH3-].[CH3-].[CH3-].[CH3-].[CH3-]. The number of cyclic esters (lactones) is 5. The summed E-state index contributed by atoms with van der Waals surface area (Å²) in [5, 5.41) is 36.4. The zero-order chi connectivity index (χ0) is 61.1. The van der Waals surface area contributed by atoms with Gasteiger partial charge in [0.2, 0.25) is 0 Å². The maximum atomic E-state index is 11.5. The molecule has 8 atom stereocenters. The van der Waals surface area contributed by atoms with Crippen LogP contribution in [0.1, 0.15) is 109 Å². The van der Waals surface area contributed by atoms with Crippen molar-refractivity contribution in [1.29, 1.82) is 0 Å². The first-order valence-corrected chi connectivity index (χ1v) is 30.4. The maximum absolute atomic E-state index is 11.5. The number of nitrogens with one attached hydrogen (secondary N) is 3. The molecule has 5 saturated heterocycles. The standard InChI is InChI=1S/C13H27N2O2.C13H26NO4.C11H23N2O2.C11H22NO4.C10H19NO4.5CH3/c1-4-7-15(9-6-14-12(2)3)8-5-13(16)17-11-10-15;1-4-5-14(6-7-17-13(16)9-14)8-12(15)10-18-11(2)3;1-10(2)12-5-7-13(3)6-4-11(14)15-9-8-13;1-9(2)16-8-10(13)6-12(3)4-5-15-11(14)7-12;1-8(2)15-7-9(12)5-11-3-4-14-10(13)6-11;;;;;/h12,14H,4-11H2,1-3H3;11-12,15H,4-10H2,1-3H3;10,12H,4-9H2,1-3H3;9-10,13H,4-8H2,1-3H3;8-9,12H,3-7H2,1-2H3;5*1H3/q4*+1;;5*-1/p+1. The molecule has 5 heterocycles. The average Bonchev–Trinajstić information content (AvgIpc) is 3.65. The van der Waals surface area contributed by atoms with Crippen molar-refractivity contribution < 1.29 is 100 Å². The topological polar surface area (TPSA) is 248 Å². The molecule has 0 aromatic heterocycles. The van der Waals surface area contributed by atoms with Gasteiger partial charge in [-0.2, -0.15) is 0 Å². The van der Waals surface area contributed by atoms with Crippen LogP contribution in [0.25, 0.3) is 0 Å². The van der Waals surface area contributed by atoms with E-state index in [0.29, 0.717) is 126 Å². The molecule has 0 spiro atoms. The summed E-state index contributed by atoms with van der Waals surface area (Å²) < 4.78 is 44.1. The molecule has 5 rings (SSSR count). The third-order valence-corrected chi connectivity index (χ3v) is 14.6. The molecule has 0 aromatic carbocycles. The molecule has 23 heteroatoms. The summed E-state index contributed by atoms with van der Waals surface area (Å²) in [6.07, 6.45) is 2.08. The molecule has 0 bridgehead atoms. The Morgan fingerprint density at radius 2 is 0.872 bits per heavy atom. The molecule has 5 fully saturated rings. The zero-order valence-electron chi connectivity index (χ0n) is 58.0. The summed E-state index contributed by atoms with van der Waals surface area (Å²) in [4.78, 5) is 57.1. The van der Waals surface area contributed by atoms with E-state index in [1.54, 1.807) is 0 Å². The lowest BCUT2D eigenvalue weighted by Gasteiger charge is -2.41. The summed E-state index contributed by atoms with van der Waals surface area (Å²) in [6, 6.07) is 1.06. The largest absolute Gasteiger partial charge is 0.460 e. The van der Waals surface area contributed by atoms with Gasteiger partial charge in [0, 0.05) is 25.2 Å². The van der Waals surface area contributed by atoms with Gasteiger partial charge >= 0.3 is 29.8 Å². The second-order valence-electron chi connectivity index (χ2n) is 24.6. The lowest BCUT2D eigenvalue weighted by Crippen LogP contribution is -3.15. The van der Waals surface area contributed by atoms with E-state index in [-0.39, 0.29) is 85.3 Å². The minimum Gasteiger partial charge on any atom is -0.460 e. The number of likely N-dealkylation sites (N-methyl/N-ethyl adjacent to an activating group) is 2. The molecule has 0 saturated carbocycles. The van der Waals surface area contributed by atoms with Gasteiger partial charge in [0.25, 0.3) is 0 Å². The van der Waals surface area contributed by atoms with Crippen molar-refractivity contribution in [2.75, 3.05) is 191 Å². The van der Waals surface area contributed by atoms with Crippen molar-refractivity contribution in [3.63, 3.8) is 0 Å². The molecule has 0 radical (unpaired) electrons.